The topological polar surface area (TPSA) is 98.5 Å². The average Bonchev–Trinajstić information content (AvgIpc) is 3.42. The summed E-state index contributed by atoms with van der Waals surface area (Å²) in [4.78, 5) is 31.9. The molecule has 1 amide bonds. The molecular weight excluding hydrogens is 470 g/mol. The van der Waals surface area contributed by atoms with Gasteiger partial charge >= 0.3 is 5.97 Å². The predicted octanol–water partition coefficient (Wildman–Crippen LogP) is 4.86. The first-order valence-electron chi connectivity index (χ1n) is 11.3. The van der Waals surface area contributed by atoms with Crippen LogP contribution in [0.25, 0.3) is 15.9 Å². The van der Waals surface area contributed by atoms with Crippen LogP contribution in [-0.4, -0.2) is 44.3 Å². The number of nitrogens with zero attached hydrogens (tertiary/aromatic N) is 4. The molecule has 8 nitrogen and oxygen atoms in total. The highest BCUT2D eigenvalue weighted by Gasteiger charge is 2.24. The zero-order valence-electron chi connectivity index (χ0n) is 19.3. The van der Waals surface area contributed by atoms with Gasteiger partial charge in [0.15, 0.2) is 10.8 Å². The number of esters is 1. The quantitative estimate of drug-likeness (QED) is 0.301. The van der Waals surface area contributed by atoms with Gasteiger partial charge in [0, 0.05) is 16.5 Å². The molecule has 0 saturated heterocycles. The summed E-state index contributed by atoms with van der Waals surface area (Å²) >= 11 is 3.11. The number of rotatable bonds is 6. The standard InChI is InChI=1S/C24H25N5O3S2/c1-13(2)20-26-22-19(16-9-4-5-10-17(16)34-22)21-27-28-24(29(20)21)33-12-18(30)25-15-8-6-7-14(11-15)23(31)32-3/h6-8,11,13H,4-5,9-10,12H2,1-3H3,(H,25,30). The molecule has 10 heteroatoms. The van der Waals surface area contributed by atoms with Gasteiger partial charge in [0.1, 0.15) is 10.7 Å². The second-order valence-electron chi connectivity index (χ2n) is 8.57. The van der Waals surface area contributed by atoms with Crippen molar-refractivity contribution in [2.24, 2.45) is 0 Å². The molecule has 3 aromatic heterocycles. The summed E-state index contributed by atoms with van der Waals surface area (Å²) in [6, 6.07) is 6.67. The van der Waals surface area contributed by atoms with Crippen molar-refractivity contribution in [1.82, 2.24) is 19.6 Å². The molecule has 1 N–H and O–H groups in total. The number of fused-ring (bicyclic) bond motifs is 5. The number of aryl methyl sites for hydroxylation is 2. The van der Waals surface area contributed by atoms with E-state index in [1.54, 1.807) is 35.6 Å². The highest BCUT2D eigenvalue weighted by Crippen LogP contribution is 2.39. The van der Waals surface area contributed by atoms with Gasteiger partial charge in [-0.05, 0) is 49.4 Å². The van der Waals surface area contributed by atoms with Crippen molar-refractivity contribution in [2.45, 2.75) is 50.6 Å². The largest absolute Gasteiger partial charge is 0.465 e. The van der Waals surface area contributed by atoms with Crippen molar-refractivity contribution in [3.05, 3.63) is 46.1 Å². The Balaban J connectivity index is 1.42. The third-order valence-electron chi connectivity index (χ3n) is 5.87. The number of nitrogens with one attached hydrogen (secondary N) is 1. The highest BCUT2D eigenvalue weighted by atomic mass is 32.2. The van der Waals surface area contributed by atoms with E-state index in [-0.39, 0.29) is 17.6 Å². The molecule has 34 heavy (non-hydrogen) atoms. The number of hydrogen-bond donors (Lipinski definition) is 1. The van der Waals surface area contributed by atoms with Crippen LogP contribution in [0.2, 0.25) is 0 Å². The fourth-order valence-corrected chi connectivity index (χ4v) is 6.31. The molecule has 0 radical (unpaired) electrons. The zero-order chi connectivity index (χ0) is 23.8. The van der Waals surface area contributed by atoms with Crippen molar-refractivity contribution in [3.63, 3.8) is 0 Å². The Morgan fingerprint density at radius 3 is 2.85 bits per heavy atom. The van der Waals surface area contributed by atoms with Gasteiger partial charge in [-0.3, -0.25) is 9.20 Å². The van der Waals surface area contributed by atoms with Crippen LogP contribution in [0.15, 0.2) is 29.4 Å². The Bertz CT molecular complexity index is 1410. The maximum absolute atomic E-state index is 12.7. The van der Waals surface area contributed by atoms with Gasteiger partial charge in [0.25, 0.3) is 0 Å². The van der Waals surface area contributed by atoms with E-state index < -0.39 is 5.97 Å². The number of methoxy groups -OCH3 is 1. The maximum atomic E-state index is 12.7. The molecule has 0 unspecified atom stereocenters. The van der Waals surface area contributed by atoms with Gasteiger partial charge in [0.05, 0.1) is 23.8 Å². The van der Waals surface area contributed by atoms with E-state index in [0.29, 0.717) is 16.4 Å². The Morgan fingerprint density at radius 2 is 2.06 bits per heavy atom. The predicted molar refractivity (Wildman–Crippen MR) is 134 cm³/mol. The molecule has 0 saturated carbocycles. The number of aromatic nitrogens is 4. The van der Waals surface area contributed by atoms with Crippen LogP contribution in [0.3, 0.4) is 0 Å². The summed E-state index contributed by atoms with van der Waals surface area (Å²) in [5.41, 5.74) is 3.12. The number of thiophene rings is 1. The first-order chi connectivity index (χ1) is 16.5. The van der Waals surface area contributed by atoms with Crippen molar-refractivity contribution in [3.8, 4) is 0 Å². The summed E-state index contributed by atoms with van der Waals surface area (Å²) in [5, 5.41) is 13.6. The monoisotopic (exact) mass is 495 g/mol. The number of carbonyl (C=O) groups is 2. The lowest BCUT2D eigenvalue weighted by atomic mass is 9.97. The average molecular weight is 496 g/mol. The molecule has 0 aliphatic heterocycles. The minimum absolute atomic E-state index is 0.153. The number of ether oxygens (including phenoxy) is 1. The van der Waals surface area contributed by atoms with Gasteiger partial charge in [-0.15, -0.1) is 21.5 Å². The Hall–Kier alpha value is -2.98. The van der Waals surface area contributed by atoms with Crippen LogP contribution in [0, 0.1) is 0 Å². The van der Waals surface area contributed by atoms with E-state index in [0.717, 1.165) is 34.5 Å². The van der Waals surface area contributed by atoms with Gasteiger partial charge in [-0.25, -0.2) is 9.78 Å². The van der Waals surface area contributed by atoms with Crippen LogP contribution in [0.1, 0.15) is 59.2 Å². The molecule has 1 aromatic carbocycles. The summed E-state index contributed by atoms with van der Waals surface area (Å²) in [7, 11) is 1.33. The number of thioether (sulfide) groups is 1. The first-order valence-corrected chi connectivity index (χ1v) is 13.1. The molecule has 0 bridgehead atoms. The molecule has 176 valence electrons. The third-order valence-corrected chi connectivity index (χ3v) is 7.99. The summed E-state index contributed by atoms with van der Waals surface area (Å²) in [5.74, 6) is 0.588. The Morgan fingerprint density at radius 1 is 1.24 bits per heavy atom. The number of benzene rings is 1. The second-order valence-corrected chi connectivity index (χ2v) is 10.6. The number of amides is 1. The molecule has 0 atom stereocenters. The van der Waals surface area contributed by atoms with Gasteiger partial charge in [-0.1, -0.05) is 31.7 Å². The maximum Gasteiger partial charge on any atom is 0.337 e. The molecule has 4 aromatic rings. The molecule has 1 aliphatic rings. The van der Waals surface area contributed by atoms with Crippen molar-refractivity contribution in [1.29, 1.82) is 0 Å². The fourth-order valence-electron chi connectivity index (χ4n) is 4.30. The number of anilines is 1. The summed E-state index contributed by atoms with van der Waals surface area (Å²) in [6.07, 6.45) is 4.56. The van der Waals surface area contributed by atoms with Gasteiger partial charge in [0.2, 0.25) is 5.91 Å². The van der Waals surface area contributed by atoms with Crippen molar-refractivity contribution in [2.75, 3.05) is 18.2 Å². The van der Waals surface area contributed by atoms with Gasteiger partial charge < -0.3 is 10.1 Å². The van der Waals surface area contributed by atoms with Crippen LogP contribution < -0.4 is 5.32 Å². The molecular formula is C24H25N5O3S2. The van der Waals surface area contributed by atoms with E-state index >= 15 is 0 Å². The van der Waals surface area contributed by atoms with Crippen molar-refractivity contribution < 1.29 is 14.3 Å². The fraction of sp³-hybridized carbons (Fsp3) is 0.375. The Kier molecular flexibility index (Phi) is 6.26. The molecule has 0 fully saturated rings. The lowest BCUT2D eigenvalue weighted by Crippen LogP contribution is -2.15. The van der Waals surface area contributed by atoms with Gasteiger partial charge in [-0.2, -0.15) is 0 Å². The molecule has 1 aliphatic carbocycles. The van der Waals surface area contributed by atoms with E-state index in [4.69, 9.17) is 9.72 Å². The lowest BCUT2D eigenvalue weighted by molar-refractivity contribution is -0.113. The smallest absolute Gasteiger partial charge is 0.337 e. The minimum Gasteiger partial charge on any atom is -0.465 e. The molecule has 5 rings (SSSR count). The lowest BCUT2D eigenvalue weighted by Gasteiger charge is -2.12. The van der Waals surface area contributed by atoms with Crippen LogP contribution in [0.4, 0.5) is 5.69 Å². The molecule has 3 heterocycles. The highest BCUT2D eigenvalue weighted by molar-refractivity contribution is 7.99. The van der Waals surface area contributed by atoms with E-state index in [9.17, 15) is 9.59 Å². The third kappa shape index (κ3) is 4.16. The molecule has 0 spiro atoms. The van der Waals surface area contributed by atoms with Crippen LogP contribution in [-0.2, 0) is 22.4 Å². The van der Waals surface area contributed by atoms with E-state index in [2.05, 4.69) is 29.4 Å². The van der Waals surface area contributed by atoms with Crippen molar-refractivity contribution >= 4 is 56.5 Å². The van der Waals surface area contributed by atoms with E-state index in [1.165, 1.54) is 42.2 Å². The normalized spacial score (nSPS) is 13.4. The summed E-state index contributed by atoms with van der Waals surface area (Å²) < 4.78 is 6.76. The van der Waals surface area contributed by atoms with Crippen LogP contribution in [0.5, 0.6) is 0 Å². The number of carbonyl (C=O) groups excluding carboxylic acids is 2. The first kappa shape index (κ1) is 22.8. The Labute approximate surface area is 205 Å². The minimum atomic E-state index is -0.448. The summed E-state index contributed by atoms with van der Waals surface area (Å²) in [6.45, 7) is 4.22. The second kappa shape index (κ2) is 9.34. The number of hydrogen-bond acceptors (Lipinski definition) is 8. The SMILES string of the molecule is COC(=O)c1cccc(NC(=O)CSc2nnc3c4c5c(sc4nc(C(C)C)n23)CCCC5)c1. The van der Waals surface area contributed by atoms with E-state index in [1.807, 2.05) is 4.40 Å². The van der Waals surface area contributed by atoms with Crippen LogP contribution >= 0.6 is 23.1 Å². The zero-order valence-corrected chi connectivity index (χ0v) is 20.9.